The standard InChI is InChI=1S/C15H22N2O2S/c1-3-12(16)13-5-4-11(9-17-13)20-10-15(6-7-15)8-14(18)19-2/h4-5,9,12H,3,6-8,10,16H2,1-2H3/t12-/m0/s1. The Morgan fingerprint density at radius 1 is 1.55 bits per heavy atom. The quantitative estimate of drug-likeness (QED) is 0.618. The lowest BCUT2D eigenvalue weighted by molar-refractivity contribution is -0.141. The highest BCUT2D eigenvalue weighted by molar-refractivity contribution is 7.99. The molecular formula is C15H22N2O2S. The molecule has 1 heterocycles. The summed E-state index contributed by atoms with van der Waals surface area (Å²) < 4.78 is 4.76. The predicted octanol–water partition coefficient (Wildman–Crippen LogP) is 2.93. The lowest BCUT2D eigenvalue weighted by atomic mass is 10.1. The SMILES string of the molecule is CC[C@H](N)c1ccc(SCC2(CC(=O)OC)CC2)cn1. The fourth-order valence-corrected chi connectivity index (χ4v) is 3.22. The number of methoxy groups -OCH3 is 1. The van der Waals surface area contributed by atoms with Crippen molar-refractivity contribution >= 4 is 17.7 Å². The molecule has 0 bridgehead atoms. The number of hydrogen-bond donors (Lipinski definition) is 1. The Balaban J connectivity index is 1.86. The number of carbonyl (C=O) groups excluding carboxylic acids is 1. The van der Waals surface area contributed by atoms with Gasteiger partial charge in [0, 0.05) is 22.9 Å². The van der Waals surface area contributed by atoms with E-state index in [1.54, 1.807) is 11.8 Å². The van der Waals surface area contributed by atoms with Crippen LogP contribution in [0.1, 0.15) is 44.3 Å². The highest BCUT2D eigenvalue weighted by Crippen LogP contribution is 2.52. The van der Waals surface area contributed by atoms with E-state index in [0.717, 1.165) is 35.6 Å². The second-order valence-corrected chi connectivity index (χ2v) is 6.52. The van der Waals surface area contributed by atoms with Gasteiger partial charge in [-0.05, 0) is 36.8 Å². The predicted molar refractivity (Wildman–Crippen MR) is 80.5 cm³/mol. The van der Waals surface area contributed by atoms with Crippen LogP contribution in [0.15, 0.2) is 23.2 Å². The topological polar surface area (TPSA) is 65.2 Å². The van der Waals surface area contributed by atoms with Gasteiger partial charge in [0.2, 0.25) is 0 Å². The summed E-state index contributed by atoms with van der Waals surface area (Å²) in [6.45, 7) is 2.05. The molecule has 0 radical (unpaired) electrons. The summed E-state index contributed by atoms with van der Waals surface area (Å²) in [4.78, 5) is 16.9. The molecule has 0 spiro atoms. The molecule has 1 aromatic heterocycles. The highest BCUT2D eigenvalue weighted by atomic mass is 32.2. The van der Waals surface area contributed by atoms with Gasteiger partial charge in [-0.1, -0.05) is 6.92 Å². The Hall–Kier alpha value is -1.07. The summed E-state index contributed by atoms with van der Waals surface area (Å²) in [5, 5.41) is 0. The van der Waals surface area contributed by atoms with Gasteiger partial charge >= 0.3 is 5.97 Å². The van der Waals surface area contributed by atoms with E-state index in [9.17, 15) is 4.79 Å². The van der Waals surface area contributed by atoms with E-state index < -0.39 is 0 Å². The molecule has 1 fully saturated rings. The van der Waals surface area contributed by atoms with Crippen molar-refractivity contribution in [1.29, 1.82) is 0 Å². The monoisotopic (exact) mass is 294 g/mol. The lowest BCUT2D eigenvalue weighted by Gasteiger charge is -2.13. The fraction of sp³-hybridized carbons (Fsp3) is 0.600. The molecule has 0 unspecified atom stereocenters. The molecule has 5 heteroatoms. The number of aromatic nitrogens is 1. The first-order valence-corrected chi connectivity index (χ1v) is 7.98. The van der Waals surface area contributed by atoms with E-state index in [-0.39, 0.29) is 17.4 Å². The van der Waals surface area contributed by atoms with Crippen LogP contribution in [0.5, 0.6) is 0 Å². The number of nitrogens with two attached hydrogens (primary N) is 1. The van der Waals surface area contributed by atoms with E-state index in [1.165, 1.54) is 7.11 Å². The van der Waals surface area contributed by atoms with Crippen LogP contribution in [0.4, 0.5) is 0 Å². The molecule has 0 saturated heterocycles. The maximum absolute atomic E-state index is 11.4. The molecule has 1 saturated carbocycles. The van der Waals surface area contributed by atoms with Crippen LogP contribution < -0.4 is 5.73 Å². The van der Waals surface area contributed by atoms with E-state index in [1.807, 2.05) is 12.3 Å². The lowest BCUT2D eigenvalue weighted by Crippen LogP contribution is -2.13. The van der Waals surface area contributed by atoms with Crippen LogP contribution in [0.3, 0.4) is 0 Å². The Morgan fingerprint density at radius 3 is 2.80 bits per heavy atom. The van der Waals surface area contributed by atoms with E-state index in [0.29, 0.717) is 6.42 Å². The van der Waals surface area contributed by atoms with Crippen LogP contribution in [-0.2, 0) is 9.53 Å². The van der Waals surface area contributed by atoms with Gasteiger partial charge in [-0.2, -0.15) is 0 Å². The molecule has 1 aromatic rings. The summed E-state index contributed by atoms with van der Waals surface area (Å²) in [6, 6.07) is 4.08. The van der Waals surface area contributed by atoms with Gasteiger partial charge in [0.25, 0.3) is 0 Å². The normalized spacial score (nSPS) is 17.6. The molecule has 2 rings (SSSR count). The van der Waals surface area contributed by atoms with Crippen molar-refractivity contribution in [2.75, 3.05) is 12.9 Å². The first kappa shape index (κ1) is 15.3. The van der Waals surface area contributed by atoms with Crippen molar-refractivity contribution in [2.45, 2.75) is 43.5 Å². The zero-order valence-electron chi connectivity index (χ0n) is 12.1. The van der Waals surface area contributed by atoms with Crippen molar-refractivity contribution in [3.8, 4) is 0 Å². The van der Waals surface area contributed by atoms with Crippen LogP contribution in [0, 0.1) is 5.41 Å². The minimum absolute atomic E-state index is 0.0168. The van der Waals surface area contributed by atoms with Gasteiger partial charge in [0.1, 0.15) is 0 Å². The smallest absolute Gasteiger partial charge is 0.306 e. The van der Waals surface area contributed by atoms with Gasteiger partial charge in [-0.3, -0.25) is 9.78 Å². The van der Waals surface area contributed by atoms with Crippen molar-refractivity contribution in [3.05, 3.63) is 24.0 Å². The highest BCUT2D eigenvalue weighted by Gasteiger charge is 2.44. The van der Waals surface area contributed by atoms with Gasteiger partial charge < -0.3 is 10.5 Å². The van der Waals surface area contributed by atoms with Gasteiger partial charge in [-0.25, -0.2) is 0 Å². The molecule has 20 heavy (non-hydrogen) atoms. The Kier molecular flexibility index (Phi) is 5.05. The number of rotatable bonds is 7. The van der Waals surface area contributed by atoms with Crippen LogP contribution >= 0.6 is 11.8 Å². The number of hydrogen-bond acceptors (Lipinski definition) is 5. The van der Waals surface area contributed by atoms with Crippen molar-refractivity contribution in [3.63, 3.8) is 0 Å². The number of nitrogens with zero attached hydrogens (tertiary/aromatic N) is 1. The average Bonchev–Trinajstić information content (AvgIpc) is 3.24. The summed E-state index contributed by atoms with van der Waals surface area (Å²) in [7, 11) is 1.45. The van der Waals surface area contributed by atoms with E-state index >= 15 is 0 Å². The number of thioether (sulfide) groups is 1. The molecule has 1 aliphatic carbocycles. The third-order valence-electron chi connectivity index (χ3n) is 3.83. The average molecular weight is 294 g/mol. The summed E-state index contributed by atoms with van der Waals surface area (Å²) >= 11 is 1.76. The minimum atomic E-state index is -0.106. The summed E-state index contributed by atoms with van der Waals surface area (Å²) in [5.74, 6) is 0.841. The molecule has 110 valence electrons. The Bertz CT molecular complexity index is 457. The van der Waals surface area contributed by atoms with Crippen molar-refractivity contribution in [2.24, 2.45) is 11.1 Å². The Morgan fingerprint density at radius 2 is 2.30 bits per heavy atom. The van der Waals surface area contributed by atoms with Crippen LogP contribution in [0.2, 0.25) is 0 Å². The van der Waals surface area contributed by atoms with Gasteiger partial charge in [0.15, 0.2) is 0 Å². The molecule has 2 N–H and O–H groups in total. The van der Waals surface area contributed by atoms with E-state index in [2.05, 4.69) is 18.0 Å². The van der Waals surface area contributed by atoms with Crippen molar-refractivity contribution < 1.29 is 9.53 Å². The second kappa shape index (κ2) is 6.59. The number of carbonyl (C=O) groups is 1. The van der Waals surface area contributed by atoms with Gasteiger partial charge in [0.05, 0.1) is 19.2 Å². The minimum Gasteiger partial charge on any atom is -0.469 e. The van der Waals surface area contributed by atoms with Crippen LogP contribution in [-0.4, -0.2) is 23.8 Å². The molecule has 4 nitrogen and oxygen atoms in total. The third kappa shape index (κ3) is 3.96. The van der Waals surface area contributed by atoms with Gasteiger partial charge in [-0.15, -0.1) is 11.8 Å². The largest absolute Gasteiger partial charge is 0.469 e. The first-order chi connectivity index (χ1) is 9.58. The number of esters is 1. The molecule has 1 aliphatic rings. The fourth-order valence-electron chi connectivity index (χ4n) is 2.07. The third-order valence-corrected chi connectivity index (χ3v) is 5.16. The molecular weight excluding hydrogens is 272 g/mol. The second-order valence-electron chi connectivity index (χ2n) is 5.48. The summed E-state index contributed by atoms with van der Waals surface area (Å²) in [6.07, 6.45) is 5.52. The van der Waals surface area contributed by atoms with E-state index in [4.69, 9.17) is 10.5 Å². The maximum atomic E-state index is 11.4. The number of pyridine rings is 1. The van der Waals surface area contributed by atoms with Crippen molar-refractivity contribution in [1.82, 2.24) is 4.98 Å². The Labute approximate surface area is 124 Å². The maximum Gasteiger partial charge on any atom is 0.306 e. The molecule has 0 amide bonds. The first-order valence-electron chi connectivity index (χ1n) is 7.00. The summed E-state index contributed by atoms with van der Waals surface area (Å²) in [5.41, 5.74) is 7.03. The molecule has 0 aromatic carbocycles. The zero-order chi connectivity index (χ0) is 14.6. The van der Waals surface area contributed by atoms with Crippen LogP contribution in [0.25, 0.3) is 0 Å². The molecule has 1 atom stereocenters. The zero-order valence-corrected chi connectivity index (χ0v) is 12.9. The number of ether oxygens (including phenoxy) is 1. The molecule has 0 aliphatic heterocycles.